The first-order valence-electron chi connectivity index (χ1n) is 10.4. The quantitative estimate of drug-likeness (QED) is 0.369. The third-order valence-electron chi connectivity index (χ3n) is 5.16. The molecule has 2 aliphatic rings. The Morgan fingerprint density at radius 1 is 1.13 bits per heavy atom. The van der Waals surface area contributed by atoms with Gasteiger partial charge >= 0.3 is 5.97 Å². The van der Waals surface area contributed by atoms with Gasteiger partial charge in [-0.05, 0) is 67.8 Å². The predicted octanol–water partition coefficient (Wildman–Crippen LogP) is 5.11. The molecule has 0 unspecified atom stereocenters. The lowest BCUT2D eigenvalue weighted by Gasteiger charge is -2.14. The topological polar surface area (TPSA) is 68.2 Å². The molecule has 0 spiro atoms. The number of amides is 1. The summed E-state index contributed by atoms with van der Waals surface area (Å²) >= 11 is 5.87. The maximum Gasteiger partial charge on any atom is 0.343 e. The first-order chi connectivity index (χ1) is 15.0. The number of ether oxygens (including phenoxy) is 2. The van der Waals surface area contributed by atoms with Crippen molar-refractivity contribution in [2.45, 2.75) is 32.6 Å². The minimum absolute atomic E-state index is 0.0619. The molecule has 2 aliphatic heterocycles. The molecule has 2 aromatic rings. The van der Waals surface area contributed by atoms with Gasteiger partial charge in [0.15, 0.2) is 11.5 Å². The lowest BCUT2D eigenvalue weighted by Crippen LogP contribution is -2.31. The average Bonchev–Trinajstić information content (AvgIpc) is 2.92. The van der Waals surface area contributed by atoms with Crippen molar-refractivity contribution >= 4 is 35.4 Å². The van der Waals surface area contributed by atoms with Crippen molar-refractivity contribution in [3.05, 3.63) is 64.3 Å². The molecule has 0 radical (unpaired) electrons. The Balaban J connectivity index is 1.57. The second-order valence-corrected chi connectivity index (χ2v) is 7.80. The van der Waals surface area contributed by atoms with Gasteiger partial charge in [-0.25, -0.2) is 9.79 Å². The number of carbonyl (C=O) groups is 2. The van der Waals surface area contributed by atoms with E-state index in [4.69, 9.17) is 21.1 Å². The molecule has 0 N–H and O–H groups in total. The van der Waals surface area contributed by atoms with Crippen LogP contribution in [0.15, 0.2) is 53.2 Å². The Hall–Kier alpha value is -3.12. The Morgan fingerprint density at radius 3 is 2.71 bits per heavy atom. The summed E-state index contributed by atoms with van der Waals surface area (Å²) < 4.78 is 11.2. The summed E-state index contributed by atoms with van der Waals surface area (Å²) in [5.74, 6) is 1.02. The summed E-state index contributed by atoms with van der Waals surface area (Å²) in [6.07, 6.45) is 5.75. The van der Waals surface area contributed by atoms with Gasteiger partial charge in [-0.15, -0.1) is 0 Å². The van der Waals surface area contributed by atoms with Crippen LogP contribution in [0, 0.1) is 0 Å². The van der Waals surface area contributed by atoms with Crippen LogP contribution in [0.3, 0.4) is 0 Å². The predicted molar refractivity (Wildman–Crippen MR) is 120 cm³/mol. The molecule has 160 valence electrons. The second-order valence-electron chi connectivity index (χ2n) is 7.36. The Bertz CT molecular complexity index is 1060. The summed E-state index contributed by atoms with van der Waals surface area (Å²) in [6, 6.07) is 11.7. The van der Waals surface area contributed by atoms with E-state index in [9.17, 15) is 9.59 Å². The van der Waals surface area contributed by atoms with Gasteiger partial charge in [0.2, 0.25) is 0 Å². The molecule has 0 bridgehead atoms. The largest absolute Gasteiger partial charge is 0.490 e. The number of benzene rings is 2. The Kier molecular flexibility index (Phi) is 6.37. The fourth-order valence-electron chi connectivity index (χ4n) is 3.62. The zero-order chi connectivity index (χ0) is 21.8. The Morgan fingerprint density at radius 2 is 1.94 bits per heavy atom. The number of rotatable bonds is 5. The number of aliphatic imine (C=N–C) groups is 1. The molecule has 31 heavy (non-hydrogen) atoms. The highest BCUT2D eigenvalue weighted by atomic mass is 35.5. The van der Waals surface area contributed by atoms with Crippen LogP contribution in [0.5, 0.6) is 11.5 Å². The third kappa shape index (κ3) is 4.80. The maximum absolute atomic E-state index is 12.7. The van der Waals surface area contributed by atoms with Crippen LogP contribution in [-0.4, -0.2) is 35.8 Å². The number of hydrogen-bond donors (Lipinski definition) is 0. The second kappa shape index (κ2) is 9.35. The van der Waals surface area contributed by atoms with Gasteiger partial charge in [0.25, 0.3) is 5.91 Å². The smallest absolute Gasteiger partial charge is 0.343 e. The van der Waals surface area contributed by atoms with E-state index in [1.807, 2.05) is 6.92 Å². The van der Waals surface area contributed by atoms with E-state index in [0.29, 0.717) is 34.4 Å². The van der Waals surface area contributed by atoms with Crippen LogP contribution in [0.4, 0.5) is 0 Å². The van der Waals surface area contributed by atoms with Crippen molar-refractivity contribution in [3.63, 3.8) is 0 Å². The zero-order valence-electron chi connectivity index (χ0n) is 17.3. The van der Waals surface area contributed by atoms with Crippen molar-refractivity contribution in [1.82, 2.24) is 4.90 Å². The number of hydrogen-bond acceptors (Lipinski definition) is 5. The van der Waals surface area contributed by atoms with Gasteiger partial charge in [0.05, 0.1) is 12.2 Å². The van der Waals surface area contributed by atoms with Crippen LogP contribution in [0.25, 0.3) is 6.08 Å². The van der Waals surface area contributed by atoms with Crippen LogP contribution in [0.1, 0.15) is 48.5 Å². The Labute approximate surface area is 186 Å². The number of esters is 1. The fraction of sp³-hybridized carbons (Fsp3) is 0.292. The molecule has 0 aliphatic carbocycles. The lowest BCUT2D eigenvalue weighted by molar-refractivity contribution is -0.122. The molecule has 1 amide bonds. The molecule has 1 fully saturated rings. The number of amidine groups is 1. The summed E-state index contributed by atoms with van der Waals surface area (Å²) in [6.45, 7) is 2.97. The normalized spacial score (nSPS) is 17.2. The summed E-state index contributed by atoms with van der Waals surface area (Å²) in [7, 11) is 0. The van der Waals surface area contributed by atoms with E-state index in [1.54, 1.807) is 53.4 Å². The first-order valence-corrected chi connectivity index (χ1v) is 10.8. The van der Waals surface area contributed by atoms with Crippen molar-refractivity contribution in [2.75, 3.05) is 13.2 Å². The third-order valence-corrected chi connectivity index (χ3v) is 5.41. The number of carbonyl (C=O) groups excluding carboxylic acids is 2. The van der Waals surface area contributed by atoms with Crippen LogP contribution >= 0.6 is 11.6 Å². The minimum atomic E-state index is -0.506. The first kappa shape index (κ1) is 21.1. The lowest BCUT2D eigenvalue weighted by atomic mass is 10.1. The molecule has 1 saturated heterocycles. The number of nitrogens with zero attached hydrogens (tertiary/aromatic N) is 2. The molecule has 0 aromatic heterocycles. The maximum atomic E-state index is 12.7. The standard InChI is InChI=1S/C24H23ClN2O4/c1-2-30-21-15-16(14-19-23(28)27-13-5-3-4-6-22(27)26-19)7-12-20(21)31-24(29)17-8-10-18(25)11-9-17/h7-12,14-15H,2-6,13H2,1H3/b19-14-. The zero-order valence-corrected chi connectivity index (χ0v) is 18.0. The highest BCUT2D eigenvalue weighted by Crippen LogP contribution is 2.31. The molecule has 6 nitrogen and oxygen atoms in total. The molecular formula is C24H23ClN2O4. The summed E-state index contributed by atoms with van der Waals surface area (Å²) in [4.78, 5) is 31.5. The van der Waals surface area contributed by atoms with Gasteiger partial charge in [-0.3, -0.25) is 9.69 Å². The van der Waals surface area contributed by atoms with E-state index in [-0.39, 0.29) is 5.91 Å². The van der Waals surface area contributed by atoms with Crippen molar-refractivity contribution in [2.24, 2.45) is 4.99 Å². The van der Waals surface area contributed by atoms with Gasteiger partial charge in [-0.1, -0.05) is 24.1 Å². The summed E-state index contributed by atoms with van der Waals surface area (Å²) in [5, 5.41) is 0.542. The van der Waals surface area contributed by atoms with E-state index >= 15 is 0 Å². The molecule has 2 heterocycles. The molecule has 0 atom stereocenters. The van der Waals surface area contributed by atoms with Crippen LogP contribution in [-0.2, 0) is 4.79 Å². The van der Waals surface area contributed by atoms with Crippen molar-refractivity contribution in [3.8, 4) is 11.5 Å². The molecule has 7 heteroatoms. The van der Waals surface area contributed by atoms with Gasteiger partial charge in [0.1, 0.15) is 11.5 Å². The molecule has 2 aromatic carbocycles. The summed E-state index contributed by atoms with van der Waals surface area (Å²) in [5.41, 5.74) is 1.56. The minimum Gasteiger partial charge on any atom is -0.490 e. The van der Waals surface area contributed by atoms with Crippen molar-refractivity contribution in [1.29, 1.82) is 0 Å². The number of fused-ring (bicyclic) bond motifs is 1. The monoisotopic (exact) mass is 438 g/mol. The average molecular weight is 439 g/mol. The fourth-order valence-corrected chi connectivity index (χ4v) is 3.74. The van der Waals surface area contributed by atoms with Crippen LogP contribution < -0.4 is 9.47 Å². The highest BCUT2D eigenvalue weighted by Gasteiger charge is 2.30. The van der Waals surface area contributed by atoms with Gasteiger partial charge < -0.3 is 9.47 Å². The van der Waals surface area contributed by atoms with Crippen molar-refractivity contribution < 1.29 is 19.1 Å². The van der Waals surface area contributed by atoms with E-state index in [1.165, 1.54) is 0 Å². The SMILES string of the molecule is CCOc1cc(/C=C2\N=C3CCCCCN3C2=O)ccc1OC(=O)c1ccc(Cl)cc1. The number of halogens is 1. The van der Waals surface area contributed by atoms with Gasteiger partial charge in [0, 0.05) is 18.0 Å². The van der Waals surface area contributed by atoms with E-state index in [2.05, 4.69) is 4.99 Å². The van der Waals surface area contributed by atoms with E-state index < -0.39 is 5.97 Å². The molecule has 0 saturated carbocycles. The van der Waals surface area contributed by atoms with E-state index in [0.717, 1.165) is 43.6 Å². The highest BCUT2D eigenvalue weighted by molar-refractivity contribution is 6.30. The van der Waals surface area contributed by atoms with Gasteiger partial charge in [-0.2, -0.15) is 0 Å². The molecular weight excluding hydrogens is 416 g/mol. The molecule has 4 rings (SSSR count). The van der Waals surface area contributed by atoms with Crippen LogP contribution in [0.2, 0.25) is 5.02 Å².